The lowest BCUT2D eigenvalue weighted by molar-refractivity contribution is -0.137. The van der Waals surface area contributed by atoms with E-state index in [2.05, 4.69) is 10.5 Å². The summed E-state index contributed by atoms with van der Waals surface area (Å²) in [7, 11) is 0. The van der Waals surface area contributed by atoms with Gasteiger partial charge in [0.2, 0.25) is 5.91 Å². The van der Waals surface area contributed by atoms with Crippen molar-refractivity contribution in [2.45, 2.75) is 12.2 Å². The molecule has 5 nitrogen and oxygen atoms in total. The SMILES string of the molecule is O=C1[C@H]2C=NN[C@H]2C(=O)N1c1cccc(C(F)(F)F)c1. The molecule has 0 unspecified atom stereocenters. The van der Waals surface area contributed by atoms with Gasteiger partial charge in [-0.05, 0) is 18.2 Å². The standard InChI is InChI=1S/C12H8F3N3O2/c13-12(14,15)6-2-1-3-7(4-6)18-10(19)8-5-16-17-9(8)11(18)20/h1-5,8-9,17H/t8-,9+/m0/s1. The Bertz CT molecular complexity index is 627. The van der Waals surface area contributed by atoms with Gasteiger partial charge in [-0.15, -0.1) is 0 Å². The second-order valence-corrected chi connectivity index (χ2v) is 4.47. The highest BCUT2D eigenvalue weighted by Gasteiger charge is 2.50. The summed E-state index contributed by atoms with van der Waals surface area (Å²) in [4.78, 5) is 24.9. The van der Waals surface area contributed by atoms with Gasteiger partial charge in [0.1, 0.15) is 12.0 Å². The van der Waals surface area contributed by atoms with Crippen LogP contribution in [0.15, 0.2) is 29.4 Å². The molecular formula is C12H8F3N3O2. The lowest BCUT2D eigenvalue weighted by Gasteiger charge is -2.16. The Morgan fingerprint density at radius 3 is 2.60 bits per heavy atom. The van der Waals surface area contributed by atoms with Crippen molar-refractivity contribution in [1.82, 2.24) is 5.43 Å². The quantitative estimate of drug-likeness (QED) is 0.786. The van der Waals surface area contributed by atoms with Crippen molar-refractivity contribution in [2.75, 3.05) is 4.90 Å². The van der Waals surface area contributed by atoms with Gasteiger partial charge in [0.25, 0.3) is 5.91 Å². The van der Waals surface area contributed by atoms with Crippen molar-refractivity contribution in [1.29, 1.82) is 0 Å². The molecule has 0 spiro atoms. The molecule has 1 saturated heterocycles. The van der Waals surface area contributed by atoms with Gasteiger partial charge in [0.15, 0.2) is 0 Å². The molecule has 2 aliphatic heterocycles. The number of carbonyl (C=O) groups is 2. The van der Waals surface area contributed by atoms with Gasteiger partial charge in [0, 0.05) is 6.21 Å². The number of hydrogen-bond acceptors (Lipinski definition) is 4. The van der Waals surface area contributed by atoms with E-state index in [4.69, 9.17) is 0 Å². The molecule has 3 rings (SSSR count). The fourth-order valence-corrected chi connectivity index (χ4v) is 2.26. The second-order valence-electron chi connectivity index (χ2n) is 4.47. The highest BCUT2D eigenvalue weighted by Crippen LogP contribution is 2.34. The first kappa shape index (κ1) is 12.6. The lowest BCUT2D eigenvalue weighted by Crippen LogP contribution is -2.36. The first-order valence-electron chi connectivity index (χ1n) is 5.73. The van der Waals surface area contributed by atoms with Crippen LogP contribution in [0.2, 0.25) is 0 Å². The number of fused-ring (bicyclic) bond motifs is 1. The Morgan fingerprint density at radius 2 is 1.95 bits per heavy atom. The fourth-order valence-electron chi connectivity index (χ4n) is 2.26. The zero-order chi connectivity index (χ0) is 14.5. The smallest absolute Gasteiger partial charge is 0.297 e. The predicted molar refractivity (Wildman–Crippen MR) is 62.8 cm³/mol. The molecule has 1 N–H and O–H groups in total. The third kappa shape index (κ3) is 1.75. The minimum Gasteiger partial charge on any atom is -0.297 e. The lowest BCUT2D eigenvalue weighted by atomic mass is 10.1. The molecule has 0 saturated carbocycles. The molecule has 1 fully saturated rings. The highest BCUT2D eigenvalue weighted by atomic mass is 19.4. The predicted octanol–water partition coefficient (Wildman–Crippen LogP) is 1.15. The van der Waals surface area contributed by atoms with E-state index in [0.717, 1.165) is 23.1 Å². The molecule has 0 aliphatic carbocycles. The number of nitrogens with one attached hydrogen (secondary N) is 1. The van der Waals surface area contributed by atoms with Crippen molar-refractivity contribution in [3.63, 3.8) is 0 Å². The van der Waals surface area contributed by atoms with Crippen LogP contribution in [0.25, 0.3) is 0 Å². The summed E-state index contributed by atoms with van der Waals surface area (Å²) in [5.74, 6) is -1.93. The van der Waals surface area contributed by atoms with Gasteiger partial charge in [-0.25, -0.2) is 4.90 Å². The molecule has 0 aromatic heterocycles. The van der Waals surface area contributed by atoms with E-state index in [0.29, 0.717) is 0 Å². The number of hydrogen-bond donors (Lipinski definition) is 1. The van der Waals surface area contributed by atoms with Gasteiger partial charge >= 0.3 is 6.18 Å². The van der Waals surface area contributed by atoms with Crippen molar-refractivity contribution in [3.05, 3.63) is 29.8 Å². The number of imide groups is 1. The summed E-state index contributed by atoms with van der Waals surface area (Å²) < 4.78 is 38.0. The van der Waals surface area contributed by atoms with Gasteiger partial charge in [-0.3, -0.25) is 15.0 Å². The summed E-state index contributed by atoms with van der Waals surface area (Å²) in [6, 6.07) is 3.30. The molecule has 2 aliphatic rings. The van der Waals surface area contributed by atoms with E-state index in [1.807, 2.05) is 0 Å². The topological polar surface area (TPSA) is 61.8 Å². The van der Waals surface area contributed by atoms with Crippen LogP contribution in [0, 0.1) is 5.92 Å². The molecule has 2 atom stereocenters. The van der Waals surface area contributed by atoms with Gasteiger partial charge in [-0.2, -0.15) is 18.3 Å². The van der Waals surface area contributed by atoms with E-state index >= 15 is 0 Å². The number of halogens is 3. The number of nitrogens with zero attached hydrogens (tertiary/aromatic N) is 2. The first-order chi connectivity index (χ1) is 9.39. The van der Waals surface area contributed by atoms with E-state index in [1.165, 1.54) is 12.3 Å². The van der Waals surface area contributed by atoms with Crippen LogP contribution in [-0.2, 0) is 15.8 Å². The van der Waals surface area contributed by atoms with Crippen LogP contribution in [0.3, 0.4) is 0 Å². The largest absolute Gasteiger partial charge is 0.416 e. The molecule has 2 amide bonds. The molecule has 0 radical (unpaired) electrons. The average molecular weight is 283 g/mol. The summed E-state index contributed by atoms with van der Waals surface area (Å²) in [5.41, 5.74) is 1.49. The summed E-state index contributed by atoms with van der Waals surface area (Å²) in [5, 5.41) is 3.63. The molecule has 1 aromatic carbocycles. The van der Waals surface area contributed by atoms with Crippen molar-refractivity contribution in [2.24, 2.45) is 11.0 Å². The van der Waals surface area contributed by atoms with E-state index < -0.39 is 35.5 Å². The number of rotatable bonds is 1. The van der Waals surface area contributed by atoms with Crippen LogP contribution in [-0.4, -0.2) is 24.1 Å². The Morgan fingerprint density at radius 1 is 1.20 bits per heavy atom. The number of amides is 2. The Balaban J connectivity index is 2.00. The third-order valence-corrected chi connectivity index (χ3v) is 3.23. The Kier molecular flexibility index (Phi) is 2.56. The van der Waals surface area contributed by atoms with Crippen LogP contribution < -0.4 is 10.3 Å². The van der Waals surface area contributed by atoms with Crippen molar-refractivity contribution < 1.29 is 22.8 Å². The summed E-state index contributed by atoms with van der Waals surface area (Å²) in [6.07, 6.45) is -3.24. The van der Waals surface area contributed by atoms with Gasteiger partial charge in [0.05, 0.1) is 11.3 Å². The van der Waals surface area contributed by atoms with E-state index in [-0.39, 0.29) is 5.69 Å². The molecule has 0 bridgehead atoms. The fraction of sp³-hybridized carbons (Fsp3) is 0.250. The van der Waals surface area contributed by atoms with Gasteiger partial charge in [-0.1, -0.05) is 6.07 Å². The number of alkyl halides is 3. The Hall–Kier alpha value is -2.38. The zero-order valence-corrected chi connectivity index (χ0v) is 9.89. The molecule has 2 heterocycles. The monoisotopic (exact) mass is 283 g/mol. The first-order valence-corrected chi connectivity index (χ1v) is 5.73. The van der Waals surface area contributed by atoms with E-state index in [1.54, 1.807) is 0 Å². The number of anilines is 1. The van der Waals surface area contributed by atoms with Gasteiger partial charge < -0.3 is 0 Å². The van der Waals surface area contributed by atoms with Crippen LogP contribution >= 0.6 is 0 Å². The van der Waals surface area contributed by atoms with Crippen LogP contribution in [0.4, 0.5) is 18.9 Å². The maximum absolute atomic E-state index is 12.7. The third-order valence-electron chi connectivity index (χ3n) is 3.23. The normalized spacial score (nSPS) is 25.1. The minimum atomic E-state index is -4.53. The maximum atomic E-state index is 12.7. The van der Waals surface area contributed by atoms with Crippen molar-refractivity contribution >= 4 is 23.7 Å². The maximum Gasteiger partial charge on any atom is 0.416 e. The summed E-state index contributed by atoms with van der Waals surface area (Å²) in [6.45, 7) is 0. The number of hydrazone groups is 1. The zero-order valence-electron chi connectivity index (χ0n) is 9.89. The molecule has 104 valence electrons. The van der Waals surface area contributed by atoms with Crippen LogP contribution in [0.5, 0.6) is 0 Å². The number of carbonyl (C=O) groups excluding carboxylic acids is 2. The van der Waals surface area contributed by atoms with Crippen LogP contribution in [0.1, 0.15) is 5.56 Å². The molecule has 20 heavy (non-hydrogen) atoms. The summed E-state index contributed by atoms with van der Waals surface area (Å²) >= 11 is 0. The highest BCUT2D eigenvalue weighted by molar-refractivity contribution is 6.28. The minimum absolute atomic E-state index is 0.0839. The number of benzene rings is 1. The second kappa shape index (κ2) is 4.06. The van der Waals surface area contributed by atoms with E-state index in [9.17, 15) is 22.8 Å². The molecule has 1 aromatic rings. The molecular weight excluding hydrogens is 275 g/mol. The average Bonchev–Trinajstić information content (AvgIpc) is 2.94. The Labute approximate surface area is 111 Å². The molecule has 8 heteroatoms. The van der Waals surface area contributed by atoms with Crippen molar-refractivity contribution in [3.8, 4) is 0 Å².